The van der Waals surface area contributed by atoms with Gasteiger partial charge in [0.15, 0.2) is 12.4 Å². The van der Waals surface area contributed by atoms with Crippen LogP contribution in [-0.2, 0) is 11.3 Å². The van der Waals surface area contributed by atoms with Crippen LogP contribution >= 0.6 is 0 Å². The van der Waals surface area contributed by atoms with E-state index in [4.69, 9.17) is 9.26 Å². The summed E-state index contributed by atoms with van der Waals surface area (Å²) < 4.78 is 22.6. The summed E-state index contributed by atoms with van der Waals surface area (Å²) in [5.41, 5.74) is 0. The topological polar surface area (TPSA) is 77.2 Å². The molecule has 0 radical (unpaired) electrons. The first-order chi connectivity index (χ1) is 9.13. The maximum Gasteiger partial charge on any atom is 0.258 e. The number of aromatic nitrogens is 2. The number of carbonyl (C=O) groups is 1. The highest BCUT2D eigenvalue weighted by Crippen LogP contribution is 2.10. The van der Waals surface area contributed by atoms with Crippen LogP contribution in [0.1, 0.15) is 11.7 Å². The Labute approximate surface area is 108 Å². The summed E-state index contributed by atoms with van der Waals surface area (Å²) in [7, 11) is 0. The molecule has 0 aliphatic carbocycles. The molecule has 1 heterocycles. The van der Waals surface area contributed by atoms with Crippen molar-refractivity contribution in [1.29, 1.82) is 0 Å². The van der Waals surface area contributed by atoms with E-state index in [-0.39, 0.29) is 24.9 Å². The molecule has 0 aliphatic heterocycles. The van der Waals surface area contributed by atoms with Gasteiger partial charge in [-0.15, -0.1) is 0 Å². The fraction of sp³-hybridized carbons (Fsp3) is 0.250. The van der Waals surface area contributed by atoms with E-state index in [2.05, 4.69) is 15.5 Å². The molecule has 1 aromatic carbocycles. The van der Waals surface area contributed by atoms with Crippen LogP contribution in [-0.4, -0.2) is 22.7 Å². The SMILES string of the molecule is Cc1noc(CNC(=O)COc2ccc(F)cc2)n1. The van der Waals surface area contributed by atoms with Crippen molar-refractivity contribution < 1.29 is 18.4 Å². The van der Waals surface area contributed by atoms with Gasteiger partial charge in [-0.3, -0.25) is 4.79 Å². The minimum absolute atomic E-state index is 0.145. The fourth-order valence-corrected chi connectivity index (χ4v) is 1.32. The first kappa shape index (κ1) is 13.0. The monoisotopic (exact) mass is 265 g/mol. The molecular formula is C12H12FN3O3. The van der Waals surface area contributed by atoms with Gasteiger partial charge in [-0.1, -0.05) is 5.16 Å². The Morgan fingerprint density at radius 1 is 1.42 bits per heavy atom. The van der Waals surface area contributed by atoms with Crippen molar-refractivity contribution in [2.45, 2.75) is 13.5 Å². The third kappa shape index (κ3) is 4.06. The quantitative estimate of drug-likeness (QED) is 0.879. The summed E-state index contributed by atoms with van der Waals surface area (Å²) in [4.78, 5) is 15.4. The first-order valence-corrected chi connectivity index (χ1v) is 5.58. The predicted molar refractivity (Wildman–Crippen MR) is 62.8 cm³/mol. The van der Waals surface area contributed by atoms with Crippen molar-refractivity contribution >= 4 is 5.91 Å². The number of aryl methyl sites for hydroxylation is 1. The van der Waals surface area contributed by atoms with Gasteiger partial charge in [0.2, 0.25) is 5.89 Å². The molecule has 0 aliphatic rings. The number of halogens is 1. The molecule has 0 fully saturated rings. The highest BCUT2D eigenvalue weighted by molar-refractivity contribution is 5.77. The van der Waals surface area contributed by atoms with Crippen LogP contribution < -0.4 is 10.1 Å². The lowest BCUT2D eigenvalue weighted by Crippen LogP contribution is -2.28. The number of hydrogen-bond donors (Lipinski definition) is 1. The van der Waals surface area contributed by atoms with Crippen molar-refractivity contribution in [3.63, 3.8) is 0 Å². The highest BCUT2D eigenvalue weighted by atomic mass is 19.1. The Morgan fingerprint density at radius 3 is 2.79 bits per heavy atom. The number of rotatable bonds is 5. The molecule has 0 atom stereocenters. The van der Waals surface area contributed by atoms with Gasteiger partial charge >= 0.3 is 0 Å². The second kappa shape index (κ2) is 5.94. The van der Waals surface area contributed by atoms with Crippen LogP contribution in [0.2, 0.25) is 0 Å². The molecule has 2 rings (SSSR count). The van der Waals surface area contributed by atoms with Gasteiger partial charge in [-0.25, -0.2) is 4.39 Å². The van der Waals surface area contributed by atoms with Crippen molar-refractivity contribution in [2.24, 2.45) is 0 Å². The highest BCUT2D eigenvalue weighted by Gasteiger charge is 2.06. The van der Waals surface area contributed by atoms with Gasteiger partial charge in [0.25, 0.3) is 5.91 Å². The largest absolute Gasteiger partial charge is 0.484 e. The number of benzene rings is 1. The third-order valence-electron chi connectivity index (χ3n) is 2.19. The zero-order valence-electron chi connectivity index (χ0n) is 10.2. The van der Waals surface area contributed by atoms with E-state index in [1.807, 2.05) is 0 Å². The molecule has 1 N–H and O–H groups in total. The van der Waals surface area contributed by atoms with E-state index in [0.29, 0.717) is 17.5 Å². The fourth-order valence-electron chi connectivity index (χ4n) is 1.32. The molecule has 0 spiro atoms. The zero-order valence-corrected chi connectivity index (χ0v) is 10.2. The number of nitrogens with one attached hydrogen (secondary N) is 1. The van der Waals surface area contributed by atoms with Gasteiger partial charge in [0, 0.05) is 0 Å². The summed E-state index contributed by atoms with van der Waals surface area (Å²) >= 11 is 0. The first-order valence-electron chi connectivity index (χ1n) is 5.58. The van der Waals surface area contributed by atoms with E-state index in [1.54, 1.807) is 6.92 Å². The Kier molecular flexibility index (Phi) is 4.07. The molecule has 0 bridgehead atoms. The number of amides is 1. The smallest absolute Gasteiger partial charge is 0.258 e. The normalized spacial score (nSPS) is 10.2. The van der Waals surface area contributed by atoms with E-state index in [9.17, 15) is 9.18 Å². The molecule has 1 aromatic heterocycles. The Morgan fingerprint density at radius 2 is 2.16 bits per heavy atom. The molecule has 0 saturated carbocycles. The summed E-state index contributed by atoms with van der Waals surface area (Å²) in [6, 6.07) is 5.41. The van der Waals surface area contributed by atoms with Gasteiger partial charge in [-0.05, 0) is 31.2 Å². The van der Waals surface area contributed by atoms with E-state index < -0.39 is 0 Å². The van der Waals surface area contributed by atoms with Crippen molar-refractivity contribution in [3.8, 4) is 5.75 Å². The molecule has 100 valence electrons. The van der Waals surface area contributed by atoms with Crippen molar-refractivity contribution in [1.82, 2.24) is 15.5 Å². The van der Waals surface area contributed by atoms with Crippen molar-refractivity contribution in [3.05, 3.63) is 41.8 Å². The second-order valence-corrected chi connectivity index (χ2v) is 3.75. The minimum atomic E-state index is -0.358. The lowest BCUT2D eigenvalue weighted by Gasteiger charge is -2.05. The lowest BCUT2D eigenvalue weighted by molar-refractivity contribution is -0.123. The van der Waals surface area contributed by atoms with Crippen LogP contribution in [0.15, 0.2) is 28.8 Å². The van der Waals surface area contributed by atoms with Gasteiger partial charge in [-0.2, -0.15) is 4.98 Å². The number of hydrogen-bond acceptors (Lipinski definition) is 5. The van der Waals surface area contributed by atoms with Gasteiger partial charge in [0.05, 0.1) is 6.54 Å². The Bertz CT molecular complexity index is 554. The summed E-state index contributed by atoms with van der Waals surface area (Å²) in [6.45, 7) is 1.66. The summed E-state index contributed by atoms with van der Waals surface area (Å²) in [5.74, 6) is 0.563. The zero-order chi connectivity index (χ0) is 13.7. The van der Waals surface area contributed by atoms with E-state index in [1.165, 1.54) is 24.3 Å². The molecule has 6 nitrogen and oxygen atoms in total. The molecular weight excluding hydrogens is 253 g/mol. The van der Waals surface area contributed by atoms with Crippen LogP contribution in [0.25, 0.3) is 0 Å². The maximum atomic E-state index is 12.6. The maximum absolute atomic E-state index is 12.6. The molecule has 0 saturated heterocycles. The van der Waals surface area contributed by atoms with Crippen LogP contribution in [0.4, 0.5) is 4.39 Å². The molecule has 19 heavy (non-hydrogen) atoms. The Hall–Kier alpha value is -2.44. The summed E-state index contributed by atoms with van der Waals surface area (Å²) in [6.07, 6.45) is 0. The van der Waals surface area contributed by atoms with Gasteiger partial charge < -0.3 is 14.6 Å². The van der Waals surface area contributed by atoms with Crippen LogP contribution in [0.5, 0.6) is 5.75 Å². The average Bonchev–Trinajstić information content (AvgIpc) is 2.81. The van der Waals surface area contributed by atoms with Crippen LogP contribution in [0, 0.1) is 12.7 Å². The molecule has 1 amide bonds. The Balaban J connectivity index is 1.74. The molecule has 2 aromatic rings. The predicted octanol–water partition coefficient (Wildman–Crippen LogP) is 1.21. The molecule has 0 unspecified atom stereocenters. The lowest BCUT2D eigenvalue weighted by atomic mass is 10.3. The number of carbonyl (C=O) groups excluding carboxylic acids is 1. The van der Waals surface area contributed by atoms with Crippen molar-refractivity contribution in [2.75, 3.05) is 6.61 Å². The van der Waals surface area contributed by atoms with Gasteiger partial charge in [0.1, 0.15) is 11.6 Å². The minimum Gasteiger partial charge on any atom is -0.484 e. The average molecular weight is 265 g/mol. The number of ether oxygens (including phenoxy) is 1. The van der Waals surface area contributed by atoms with E-state index >= 15 is 0 Å². The molecule has 7 heteroatoms. The third-order valence-corrected chi connectivity index (χ3v) is 2.19. The van der Waals surface area contributed by atoms with E-state index in [0.717, 1.165) is 0 Å². The second-order valence-electron chi connectivity index (χ2n) is 3.75. The summed E-state index contributed by atoms with van der Waals surface area (Å²) in [5, 5.41) is 6.15. The van der Waals surface area contributed by atoms with Crippen LogP contribution in [0.3, 0.4) is 0 Å². The number of nitrogens with zero attached hydrogens (tertiary/aromatic N) is 2. The standard InChI is InChI=1S/C12H12FN3O3/c1-8-15-12(19-16-8)6-14-11(17)7-18-10-4-2-9(13)3-5-10/h2-5H,6-7H2,1H3,(H,14,17).